The van der Waals surface area contributed by atoms with Gasteiger partial charge in [-0.2, -0.15) is 0 Å². The van der Waals surface area contributed by atoms with Gasteiger partial charge in [0.2, 0.25) is 0 Å². The summed E-state index contributed by atoms with van der Waals surface area (Å²) in [7, 11) is 0. The van der Waals surface area contributed by atoms with Crippen LogP contribution in [0.4, 0.5) is 0 Å². The molecular formula is C20H22N2O2. The molecule has 1 atom stereocenters. The van der Waals surface area contributed by atoms with E-state index in [0.29, 0.717) is 11.1 Å². The quantitative estimate of drug-likeness (QED) is 0.831. The largest absolute Gasteiger partial charge is 0.324 e. The number of ketones is 2. The molecule has 0 bridgehead atoms. The van der Waals surface area contributed by atoms with Gasteiger partial charge in [0.05, 0.1) is 12.6 Å². The summed E-state index contributed by atoms with van der Waals surface area (Å²) in [4.78, 5) is 27.3. The van der Waals surface area contributed by atoms with Crippen LogP contribution in [0.2, 0.25) is 0 Å². The maximum Gasteiger partial charge on any atom is 0.180 e. The lowest BCUT2D eigenvalue weighted by Gasteiger charge is -2.24. The summed E-state index contributed by atoms with van der Waals surface area (Å²) in [6, 6.07) is 17.0. The van der Waals surface area contributed by atoms with Crippen LogP contribution in [0.1, 0.15) is 39.1 Å². The van der Waals surface area contributed by atoms with Crippen molar-refractivity contribution in [1.82, 2.24) is 4.90 Å². The van der Waals surface area contributed by atoms with E-state index in [0.717, 1.165) is 25.9 Å². The summed E-state index contributed by atoms with van der Waals surface area (Å²) in [5, 5.41) is 0. The Labute approximate surface area is 142 Å². The standard InChI is InChI=1S/C20H22N2O2/c21-13-19(23)16-9-4-5-10-17(16)20(24)18-11-6-12-22(18)14-15-7-2-1-3-8-15/h1-5,7-10,18H,6,11-14,21H2/t18-/m0/s1. The van der Waals surface area contributed by atoms with Gasteiger partial charge in [-0.1, -0.05) is 54.6 Å². The van der Waals surface area contributed by atoms with Crippen molar-refractivity contribution in [2.45, 2.75) is 25.4 Å². The lowest BCUT2D eigenvalue weighted by Crippen LogP contribution is -2.36. The molecule has 1 saturated heterocycles. The first kappa shape index (κ1) is 16.6. The molecule has 2 N–H and O–H groups in total. The Hall–Kier alpha value is -2.30. The van der Waals surface area contributed by atoms with Gasteiger partial charge in [-0.3, -0.25) is 14.5 Å². The van der Waals surface area contributed by atoms with Crippen LogP contribution in [0.25, 0.3) is 0 Å². The highest BCUT2D eigenvalue weighted by atomic mass is 16.1. The Morgan fingerprint density at radius 1 is 1.00 bits per heavy atom. The van der Waals surface area contributed by atoms with Crippen LogP contribution in [0.15, 0.2) is 54.6 Å². The minimum absolute atomic E-state index is 0.0285. The second-order valence-electron chi connectivity index (χ2n) is 6.15. The Morgan fingerprint density at radius 2 is 1.67 bits per heavy atom. The zero-order valence-corrected chi connectivity index (χ0v) is 13.7. The highest BCUT2D eigenvalue weighted by molar-refractivity contribution is 6.11. The van der Waals surface area contributed by atoms with E-state index >= 15 is 0 Å². The van der Waals surface area contributed by atoms with Crippen molar-refractivity contribution < 1.29 is 9.59 Å². The average molecular weight is 322 g/mol. The first-order chi connectivity index (χ1) is 11.7. The lowest BCUT2D eigenvalue weighted by atomic mass is 9.95. The molecule has 0 spiro atoms. The minimum Gasteiger partial charge on any atom is -0.324 e. The zero-order chi connectivity index (χ0) is 16.9. The Bertz CT molecular complexity index is 727. The van der Waals surface area contributed by atoms with E-state index in [2.05, 4.69) is 17.0 Å². The Balaban J connectivity index is 1.83. The predicted molar refractivity (Wildman–Crippen MR) is 94.0 cm³/mol. The van der Waals surface area contributed by atoms with Crippen LogP contribution in [0, 0.1) is 0 Å². The third-order valence-electron chi connectivity index (χ3n) is 4.57. The molecule has 0 aromatic heterocycles. The van der Waals surface area contributed by atoms with Crippen molar-refractivity contribution in [3.05, 3.63) is 71.3 Å². The molecule has 1 aliphatic rings. The fourth-order valence-corrected chi connectivity index (χ4v) is 3.36. The van der Waals surface area contributed by atoms with Crippen LogP contribution >= 0.6 is 0 Å². The van der Waals surface area contributed by atoms with Crippen LogP contribution in [-0.2, 0) is 6.54 Å². The van der Waals surface area contributed by atoms with Gasteiger partial charge in [-0.15, -0.1) is 0 Å². The first-order valence-electron chi connectivity index (χ1n) is 8.35. The van der Waals surface area contributed by atoms with Crippen molar-refractivity contribution >= 4 is 11.6 Å². The molecule has 3 rings (SSSR count). The molecule has 0 saturated carbocycles. The summed E-state index contributed by atoms with van der Waals surface area (Å²) < 4.78 is 0. The number of carbonyl (C=O) groups excluding carboxylic acids is 2. The van der Waals surface area contributed by atoms with Crippen LogP contribution in [0.5, 0.6) is 0 Å². The first-order valence-corrected chi connectivity index (χ1v) is 8.35. The highest BCUT2D eigenvalue weighted by Crippen LogP contribution is 2.25. The molecule has 4 heteroatoms. The smallest absolute Gasteiger partial charge is 0.180 e. The molecule has 24 heavy (non-hydrogen) atoms. The van der Waals surface area contributed by atoms with Crippen LogP contribution in [-0.4, -0.2) is 35.6 Å². The average Bonchev–Trinajstić information content (AvgIpc) is 3.09. The fraction of sp³-hybridized carbons (Fsp3) is 0.300. The number of hydrogen-bond donors (Lipinski definition) is 1. The monoisotopic (exact) mass is 322 g/mol. The molecule has 0 amide bonds. The Morgan fingerprint density at radius 3 is 2.38 bits per heavy atom. The number of carbonyl (C=O) groups is 2. The molecule has 4 nitrogen and oxygen atoms in total. The van der Waals surface area contributed by atoms with E-state index in [1.54, 1.807) is 24.3 Å². The third kappa shape index (κ3) is 3.45. The summed E-state index contributed by atoms with van der Waals surface area (Å²) >= 11 is 0. The van der Waals surface area contributed by atoms with Crippen molar-refractivity contribution in [2.24, 2.45) is 5.73 Å². The molecule has 1 aliphatic heterocycles. The van der Waals surface area contributed by atoms with Crippen molar-refractivity contribution in [3.63, 3.8) is 0 Å². The molecule has 1 fully saturated rings. The molecule has 2 aromatic carbocycles. The number of likely N-dealkylation sites (tertiary alicyclic amines) is 1. The van der Waals surface area contributed by atoms with E-state index < -0.39 is 0 Å². The van der Waals surface area contributed by atoms with E-state index in [4.69, 9.17) is 5.73 Å². The van der Waals surface area contributed by atoms with Gasteiger partial charge in [0.25, 0.3) is 0 Å². The minimum atomic E-state index is -0.188. The number of nitrogens with zero attached hydrogens (tertiary/aromatic N) is 1. The topological polar surface area (TPSA) is 63.4 Å². The molecule has 124 valence electrons. The zero-order valence-electron chi connectivity index (χ0n) is 13.7. The second-order valence-corrected chi connectivity index (χ2v) is 6.15. The summed E-state index contributed by atoms with van der Waals surface area (Å²) in [5.74, 6) is -0.160. The van der Waals surface area contributed by atoms with Gasteiger partial charge < -0.3 is 5.73 Å². The second kappa shape index (κ2) is 7.51. The number of nitrogens with two attached hydrogens (primary N) is 1. The summed E-state index contributed by atoms with van der Waals surface area (Å²) in [6.07, 6.45) is 1.83. The van der Waals surface area contributed by atoms with Crippen molar-refractivity contribution in [1.29, 1.82) is 0 Å². The summed E-state index contributed by atoms with van der Waals surface area (Å²) in [6.45, 7) is 1.57. The van der Waals surface area contributed by atoms with Gasteiger partial charge in [0.1, 0.15) is 0 Å². The van der Waals surface area contributed by atoms with E-state index in [1.165, 1.54) is 5.56 Å². The van der Waals surface area contributed by atoms with Gasteiger partial charge in [-0.05, 0) is 24.9 Å². The van der Waals surface area contributed by atoms with E-state index in [9.17, 15) is 9.59 Å². The number of hydrogen-bond acceptors (Lipinski definition) is 4. The van der Waals surface area contributed by atoms with Crippen LogP contribution in [0.3, 0.4) is 0 Å². The number of Topliss-reactive ketones (excluding diaryl/α,β-unsaturated/α-hetero) is 2. The predicted octanol–water partition coefficient (Wildman–Crippen LogP) is 2.68. The van der Waals surface area contributed by atoms with Gasteiger partial charge in [0.15, 0.2) is 11.6 Å². The maximum atomic E-state index is 13.1. The maximum absolute atomic E-state index is 13.1. The van der Waals surface area contributed by atoms with Crippen molar-refractivity contribution in [2.75, 3.05) is 13.1 Å². The molecular weight excluding hydrogens is 300 g/mol. The van der Waals surface area contributed by atoms with Gasteiger partial charge in [-0.25, -0.2) is 0 Å². The lowest BCUT2D eigenvalue weighted by molar-refractivity contribution is 0.0854. The third-order valence-corrected chi connectivity index (χ3v) is 4.57. The molecule has 1 heterocycles. The van der Waals surface area contributed by atoms with Crippen LogP contribution < -0.4 is 5.73 Å². The molecule has 0 unspecified atom stereocenters. The normalized spacial score (nSPS) is 17.8. The summed E-state index contributed by atoms with van der Waals surface area (Å²) in [5.41, 5.74) is 7.62. The van der Waals surface area contributed by atoms with E-state index in [1.807, 2.05) is 18.2 Å². The molecule has 0 radical (unpaired) electrons. The fourth-order valence-electron chi connectivity index (χ4n) is 3.36. The van der Waals surface area contributed by atoms with Crippen molar-refractivity contribution in [3.8, 4) is 0 Å². The SMILES string of the molecule is NCC(=O)c1ccccc1C(=O)[C@@H]1CCCN1Cc1ccccc1. The molecule has 0 aliphatic carbocycles. The van der Waals surface area contributed by atoms with E-state index in [-0.39, 0.29) is 24.2 Å². The number of benzene rings is 2. The highest BCUT2D eigenvalue weighted by Gasteiger charge is 2.32. The Kier molecular flexibility index (Phi) is 5.18. The molecule has 2 aromatic rings. The van der Waals surface area contributed by atoms with Gasteiger partial charge >= 0.3 is 0 Å². The van der Waals surface area contributed by atoms with Gasteiger partial charge in [0, 0.05) is 17.7 Å². The number of rotatable bonds is 6.